The summed E-state index contributed by atoms with van der Waals surface area (Å²) < 4.78 is 16.2. The number of rotatable bonds is 3. The van der Waals surface area contributed by atoms with Crippen LogP contribution in [0.3, 0.4) is 0 Å². The normalized spacial score (nSPS) is 21.7. The number of carbonyl (C=O) groups excluding carboxylic acids is 1. The Labute approximate surface area is 144 Å². The van der Waals surface area contributed by atoms with E-state index in [2.05, 4.69) is 9.89 Å². The van der Waals surface area contributed by atoms with E-state index in [-0.39, 0.29) is 18.8 Å². The second-order valence-electron chi connectivity index (χ2n) is 5.67. The van der Waals surface area contributed by atoms with Crippen LogP contribution in [0.4, 0.5) is 0 Å². The molecule has 3 heterocycles. The lowest BCUT2D eigenvalue weighted by Gasteiger charge is -2.34. The summed E-state index contributed by atoms with van der Waals surface area (Å²) >= 11 is 1.71. The standard InChI is InChI=1S/C17H18N2O4S/c1-3-21-16(20)14-10(2)18-17-19(6-7-24-17)15(14)11-4-5-12-13(8-11)23-9-22-12/h4-5,8,15H,3,6-7,9H2,1-2H3/t15-/m1/s1. The van der Waals surface area contributed by atoms with E-state index in [0.717, 1.165) is 34.5 Å². The van der Waals surface area contributed by atoms with Gasteiger partial charge in [0.25, 0.3) is 0 Å². The van der Waals surface area contributed by atoms with Crippen molar-refractivity contribution in [3.8, 4) is 11.5 Å². The molecule has 126 valence electrons. The Balaban J connectivity index is 1.80. The third-order valence-corrected chi connectivity index (χ3v) is 5.23. The maximum absolute atomic E-state index is 12.6. The van der Waals surface area contributed by atoms with Gasteiger partial charge in [-0.3, -0.25) is 0 Å². The highest BCUT2D eigenvalue weighted by atomic mass is 32.2. The lowest BCUT2D eigenvalue weighted by Crippen LogP contribution is -2.36. The molecule has 1 fully saturated rings. The Morgan fingerprint density at radius 2 is 2.25 bits per heavy atom. The first kappa shape index (κ1) is 15.4. The number of amidine groups is 1. The van der Waals surface area contributed by atoms with Crippen molar-refractivity contribution in [2.75, 3.05) is 25.7 Å². The van der Waals surface area contributed by atoms with E-state index >= 15 is 0 Å². The van der Waals surface area contributed by atoms with Gasteiger partial charge in [0.2, 0.25) is 6.79 Å². The minimum absolute atomic E-state index is 0.207. The number of ether oxygens (including phenoxy) is 3. The number of thioether (sulfide) groups is 1. The molecule has 3 aliphatic heterocycles. The zero-order valence-corrected chi connectivity index (χ0v) is 14.4. The summed E-state index contributed by atoms with van der Waals surface area (Å²) in [5.74, 6) is 2.10. The highest BCUT2D eigenvalue weighted by Crippen LogP contribution is 2.43. The molecule has 0 bridgehead atoms. The van der Waals surface area contributed by atoms with E-state index < -0.39 is 0 Å². The Morgan fingerprint density at radius 1 is 1.42 bits per heavy atom. The molecule has 24 heavy (non-hydrogen) atoms. The predicted molar refractivity (Wildman–Crippen MR) is 91.2 cm³/mol. The Hall–Kier alpha value is -2.15. The molecule has 0 N–H and O–H groups in total. The van der Waals surface area contributed by atoms with E-state index in [1.54, 1.807) is 11.8 Å². The van der Waals surface area contributed by atoms with Gasteiger partial charge in [0.15, 0.2) is 16.7 Å². The summed E-state index contributed by atoms with van der Waals surface area (Å²) in [5, 5.41) is 0.961. The fourth-order valence-electron chi connectivity index (χ4n) is 3.21. The van der Waals surface area contributed by atoms with Crippen LogP contribution < -0.4 is 9.47 Å². The number of carbonyl (C=O) groups is 1. The highest BCUT2D eigenvalue weighted by molar-refractivity contribution is 8.14. The number of hydrogen-bond donors (Lipinski definition) is 0. The van der Waals surface area contributed by atoms with Crippen LogP contribution in [0.25, 0.3) is 0 Å². The fourth-order valence-corrected chi connectivity index (χ4v) is 4.24. The molecular weight excluding hydrogens is 328 g/mol. The average molecular weight is 346 g/mol. The number of esters is 1. The fraction of sp³-hybridized carbons (Fsp3) is 0.412. The van der Waals surface area contributed by atoms with Crippen molar-refractivity contribution in [1.29, 1.82) is 0 Å². The number of fused-ring (bicyclic) bond motifs is 2. The summed E-state index contributed by atoms with van der Waals surface area (Å²) in [7, 11) is 0. The van der Waals surface area contributed by atoms with E-state index in [0.29, 0.717) is 17.9 Å². The van der Waals surface area contributed by atoms with E-state index in [4.69, 9.17) is 14.2 Å². The van der Waals surface area contributed by atoms with Crippen molar-refractivity contribution in [3.05, 3.63) is 35.0 Å². The van der Waals surface area contributed by atoms with Crippen LogP contribution in [0.5, 0.6) is 11.5 Å². The van der Waals surface area contributed by atoms with Crippen LogP contribution in [0.15, 0.2) is 34.5 Å². The van der Waals surface area contributed by atoms with Gasteiger partial charge in [-0.1, -0.05) is 17.8 Å². The number of allylic oxidation sites excluding steroid dienone is 1. The van der Waals surface area contributed by atoms with Crippen LogP contribution in [0.2, 0.25) is 0 Å². The molecule has 0 radical (unpaired) electrons. The molecule has 0 saturated carbocycles. The van der Waals surface area contributed by atoms with Crippen LogP contribution in [-0.2, 0) is 9.53 Å². The summed E-state index contributed by atoms with van der Waals surface area (Å²) in [4.78, 5) is 19.3. The zero-order chi connectivity index (χ0) is 16.7. The van der Waals surface area contributed by atoms with Crippen LogP contribution >= 0.6 is 11.8 Å². The molecule has 4 rings (SSSR count). The smallest absolute Gasteiger partial charge is 0.338 e. The molecule has 1 aromatic rings. The number of aliphatic imine (C=N–C) groups is 1. The third kappa shape index (κ3) is 2.43. The molecule has 3 aliphatic rings. The second-order valence-corrected chi connectivity index (χ2v) is 6.73. The summed E-state index contributed by atoms with van der Waals surface area (Å²) in [6.45, 7) is 5.10. The maximum atomic E-state index is 12.6. The molecule has 0 amide bonds. The van der Waals surface area contributed by atoms with Crippen LogP contribution in [0.1, 0.15) is 25.5 Å². The van der Waals surface area contributed by atoms with E-state index in [1.807, 2.05) is 32.0 Å². The van der Waals surface area contributed by atoms with Crippen LogP contribution in [0, 0.1) is 0 Å². The van der Waals surface area contributed by atoms with Crippen molar-refractivity contribution in [1.82, 2.24) is 4.90 Å². The predicted octanol–water partition coefficient (Wildman–Crippen LogP) is 2.71. The third-order valence-electron chi connectivity index (χ3n) is 4.26. The first-order valence-electron chi connectivity index (χ1n) is 7.94. The van der Waals surface area contributed by atoms with Crippen molar-refractivity contribution < 1.29 is 19.0 Å². The number of hydrogen-bond acceptors (Lipinski definition) is 7. The summed E-state index contributed by atoms with van der Waals surface area (Å²) in [6, 6.07) is 5.62. The Kier molecular flexibility index (Phi) is 3.88. The maximum Gasteiger partial charge on any atom is 0.338 e. The minimum Gasteiger partial charge on any atom is -0.463 e. The average Bonchev–Trinajstić information content (AvgIpc) is 3.21. The highest BCUT2D eigenvalue weighted by Gasteiger charge is 2.39. The molecule has 0 unspecified atom stereocenters. The second kappa shape index (κ2) is 6.05. The summed E-state index contributed by atoms with van der Waals surface area (Å²) in [5.41, 5.74) is 2.30. The molecule has 1 atom stereocenters. The molecule has 1 saturated heterocycles. The topological polar surface area (TPSA) is 60.4 Å². The van der Waals surface area contributed by atoms with Gasteiger partial charge in [0.1, 0.15) is 0 Å². The Morgan fingerprint density at radius 3 is 3.08 bits per heavy atom. The molecular formula is C17H18N2O4S. The van der Waals surface area contributed by atoms with Crippen molar-refractivity contribution in [2.45, 2.75) is 19.9 Å². The molecule has 0 aromatic heterocycles. The number of nitrogens with zero attached hydrogens (tertiary/aromatic N) is 2. The lowest BCUT2D eigenvalue weighted by molar-refractivity contribution is -0.139. The van der Waals surface area contributed by atoms with Gasteiger partial charge in [-0.25, -0.2) is 9.79 Å². The zero-order valence-electron chi connectivity index (χ0n) is 13.6. The van der Waals surface area contributed by atoms with Gasteiger partial charge in [-0.15, -0.1) is 0 Å². The molecule has 0 spiro atoms. The van der Waals surface area contributed by atoms with Crippen LogP contribution in [-0.4, -0.2) is 41.7 Å². The molecule has 7 heteroatoms. The van der Waals surface area contributed by atoms with E-state index in [1.165, 1.54) is 0 Å². The van der Waals surface area contributed by atoms with Gasteiger partial charge in [-0.2, -0.15) is 0 Å². The van der Waals surface area contributed by atoms with Crippen molar-refractivity contribution in [3.63, 3.8) is 0 Å². The monoisotopic (exact) mass is 346 g/mol. The van der Waals surface area contributed by atoms with Gasteiger partial charge >= 0.3 is 5.97 Å². The largest absolute Gasteiger partial charge is 0.463 e. The molecule has 1 aromatic carbocycles. The summed E-state index contributed by atoms with van der Waals surface area (Å²) in [6.07, 6.45) is 0. The quantitative estimate of drug-likeness (QED) is 0.785. The van der Waals surface area contributed by atoms with Gasteiger partial charge in [0.05, 0.1) is 23.9 Å². The first-order valence-corrected chi connectivity index (χ1v) is 8.93. The van der Waals surface area contributed by atoms with Crippen molar-refractivity contribution in [2.24, 2.45) is 4.99 Å². The van der Waals surface area contributed by atoms with Crippen molar-refractivity contribution >= 4 is 22.9 Å². The van der Waals surface area contributed by atoms with Gasteiger partial charge in [-0.05, 0) is 31.5 Å². The number of benzene rings is 1. The first-order chi connectivity index (χ1) is 11.7. The molecule has 0 aliphatic carbocycles. The van der Waals surface area contributed by atoms with Gasteiger partial charge < -0.3 is 19.1 Å². The molecule has 6 nitrogen and oxygen atoms in total. The van der Waals surface area contributed by atoms with E-state index in [9.17, 15) is 4.79 Å². The Bertz CT molecular complexity index is 759. The minimum atomic E-state index is -0.308. The SMILES string of the molecule is CCOC(=O)C1=C(C)N=C2SCCN2[C@@H]1c1ccc2c(c1)OCO2. The lowest BCUT2D eigenvalue weighted by atomic mass is 9.94. The van der Waals surface area contributed by atoms with Gasteiger partial charge in [0, 0.05) is 12.3 Å².